The number of aromatic nitrogens is 1. The third-order valence-corrected chi connectivity index (χ3v) is 4.97. The Morgan fingerprint density at radius 3 is 2.80 bits per heavy atom. The average molecular weight is 307 g/mol. The molecule has 0 saturated carbocycles. The number of nitrogens with one attached hydrogen (secondary N) is 1. The van der Waals surface area contributed by atoms with Crippen LogP contribution in [-0.2, 0) is 12.2 Å². The Kier molecular flexibility index (Phi) is 5.58. The summed E-state index contributed by atoms with van der Waals surface area (Å²) >= 11 is 3.15. The molecule has 3 N–H and O–H groups in total. The maximum absolute atomic E-state index is 11.7. The molecule has 0 saturated heterocycles. The van der Waals surface area contributed by atoms with E-state index >= 15 is 0 Å². The highest BCUT2D eigenvalue weighted by Crippen LogP contribution is 2.27. The van der Waals surface area contributed by atoms with Crippen LogP contribution >= 0.6 is 23.1 Å². The van der Waals surface area contributed by atoms with Crippen molar-refractivity contribution >= 4 is 29.0 Å². The molecule has 0 atom stereocenters. The van der Waals surface area contributed by atoms with Crippen molar-refractivity contribution in [2.45, 2.75) is 30.4 Å². The van der Waals surface area contributed by atoms with Crippen LogP contribution in [0.25, 0.3) is 0 Å². The Balaban J connectivity index is 2.10. The van der Waals surface area contributed by atoms with Gasteiger partial charge in [0.25, 0.3) is 5.91 Å². The first-order valence-electron chi connectivity index (χ1n) is 6.42. The van der Waals surface area contributed by atoms with Gasteiger partial charge in [0.15, 0.2) is 0 Å². The van der Waals surface area contributed by atoms with Gasteiger partial charge in [-0.25, -0.2) is 10.8 Å². The molecular formula is C14H17N3OS2. The van der Waals surface area contributed by atoms with E-state index < -0.39 is 0 Å². The first-order chi connectivity index (χ1) is 9.74. The molecule has 0 bridgehead atoms. The summed E-state index contributed by atoms with van der Waals surface area (Å²) < 4.78 is 0. The van der Waals surface area contributed by atoms with Crippen molar-refractivity contribution in [1.82, 2.24) is 10.4 Å². The molecule has 0 aliphatic rings. The van der Waals surface area contributed by atoms with Crippen LogP contribution in [0, 0.1) is 0 Å². The number of thiazole rings is 1. The summed E-state index contributed by atoms with van der Waals surface area (Å²) in [6.07, 6.45) is 1.76. The number of nitrogen functional groups attached to an aromatic ring is 1. The highest BCUT2D eigenvalue weighted by molar-refractivity contribution is 7.98. The second kappa shape index (κ2) is 7.42. The van der Waals surface area contributed by atoms with Gasteiger partial charge in [0.1, 0.15) is 9.88 Å². The first kappa shape index (κ1) is 15.0. The van der Waals surface area contributed by atoms with Gasteiger partial charge in [-0.15, -0.1) is 23.1 Å². The summed E-state index contributed by atoms with van der Waals surface area (Å²) in [6, 6.07) is 10.2. The van der Waals surface area contributed by atoms with Crippen molar-refractivity contribution in [3.63, 3.8) is 0 Å². The monoisotopic (exact) mass is 307 g/mol. The number of carbonyl (C=O) groups excluding carboxylic acids is 1. The third-order valence-electron chi connectivity index (χ3n) is 2.67. The average Bonchev–Trinajstić information content (AvgIpc) is 2.89. The minimum atomic E-state index is -0.248. The van der Waals surface area contributed by atoms with Crippen LogP contribution in [0.3, 0.4) is 0 Å². The summed E-state index contributed by atoms with van der Waals surface area (Å²) in [6.45, 7) is 2.07. The van der Waals surface area contributed by atoms with E-state index in [4.69, 9.17) is 5.84 Å². The van der Waals surface area contributed by atoms with Gasteiger partial charge in [-0.1, -0.05) is 31.5 Å². The largest absolute Gasteiger partial charge is 0.289 e. The van der Waals surface area contributed by atoms with Crippen LogP contribution in [0.15, 0.2) is 35.2 Å². The van der Waals surface area contributed by atoms with Gasteiger partial charge >= 0.3 is 0 Å². The Morgan fingerprint density at radius 1 is 1.40 bits per heavy atom. The van der Waals surface area contributed by atoms with Crippen LogP contribution in [0.1, 0.15) is 33.7 Å². The highest BCUT2D eigenvalue weighted by atomic mass is 32.2. The molecule has 0 unspecified atom stereocenters. The number of rotatable bonds is 6. The molecule has 1 heterocycles. The second-order valence-electron chi connectivity index (χ2n) is 4.21. The maximum Gasteiger partial charge on any atom is 0.277 e. The van der Waals surface area contributed by atoms with E-state index in [0.29, 0.717) is 4.88 Å². The van der Waals surface area contributed by atoms with Crippen molar-refractivity contribution < 1.29 is 4.79 Å². The van der Waals surface area contributed by atoms with Crippen molar-refractivity contribution in [3.8, 4) is 0 Å². The quantitative estimate of drug-likeness (QED) is 0.372. The molecule has 0 radical (unpaired) electrons. The van der Waals surface area contributed by atoms with Crippen LogP contribution in [-0.4, -0.2) is 10.9 Å². The van der Waals surface area contributed by atoms with Crippen LogP contribution in [0.4, 0.5) is 0 Å². The number of hydrogen-bond acceptors (Lipinski definition) is 5. The Bertz CT molecular complexity index is 569. The number of amides is 1. The zero-order valence-electron chi connectivity index (χ0n) is 11.3. The fraction of sp³-hybridized carbons (Fsp3) is 0.286. The molecule has 0 aliphatic heterocycles. The molecule has 20 heavy (non-hydrogen) atoms. The molecule has 0 fully saturated rings. The van der Waals surface area contributed by atoms with E-state index in [1.807, 2.05) is 18.2 Å². The first-order valence-corrected chi connectivity index (χ1v) is 8.22. The lowest BCUT2D eigenvalue weighted by molar-refractivity contribution is 0.0956. The van der Waals surface area contributed by atoms with Gasteiger partial charge in [-0.2, -0.15) is 0 Å². The van der Waals surface area contributed by atoms with E-state index in [-0.39, 0.29) is 5.91 Å². The lowest BCUT2D eigenvalue weighted by atomic mass is 10.2. The second-order valence-corrected chi connectivity index (χ2v) is 6.34. The molecule has 1 aromatic carbocycles. The molecule has 0 spiro atoms. The van der Waals surface area contributed by atoms with Gasteiger partial charge in [-0.05, 0) is 18.6 Å². The van der Waals surface area contributed by atoms with Crippen molar-refractivity contribution in [1.29, 1.82) is 0 Å². The van der Waals surface area contributed by atoms with Crippen LogP contribution in [0.2, 0.25) is 0 Å². The van der Waals surface area contributed by atoms with Gasteiger partial charge < -0.3 is 0 Å². The number of hydrazine groups is 1. The number of thioether (sulfide) groups is 1. The third kappa shape index (κ3) is 3.82. The fourth-order valence-electron chi connectivity index (χ4n) is 1.77. The lowest BCUT2D eigenvalue weighted by Gasteiger charge is -1.97. The Hall–Kier alpha value is -1.37. The summed E-state index contributed by atoms with van der Waals surface area (Å²) in [5.74, 6) is 5.74. The lowest BCUT2D eigenvalue weighted by Crippen LogP contribution is -2.30. The van der Waals surface area contributed by atoms with Gasteiger partial charge in [0, 0.05) is 4.90 Å². The zero-order chi connectivity index (χ0) is 14.4. The predicted molar refractivity (Wildman–Crippen MR) is 83.8 cm³/mol. The topological polar surface area (TPSA) is 68.0 Å². The van der Waals surface area contributed by atoms with Crippen molar-refractivity contribution in [3.05, 3.63) is 45.9 Å². The molecular weight excluding hydrogens is 290 g/mol. The predicted octanol–water partition coefficient (Wildman–Crippen LogP) is 2.99. The molecule has 0 aliphatic carbocycles. The van der Waals surface area contributed by atoms with E-state index in [2.05, 4.69) is 29.5 Å². The maximum atomic E-state index is 11.7. The van der Waals surface area contributed by atoms with Crippen LogP contribution in [0.5, 0.6) is 0 Å². The van der Waals surface area contributed by atoms with Gasteiger partial charge in [-0.3, -0.25) is 10.2 Å². The summed E-state index contributed by atoms with van der Waals surface area (Å²) in [5.41, 5.74) is 3.04. The van der Waals surface area contributed by atoms with E-state index in [9.17, 15) is 4.79 Å². The van der Waals surface area contributed by atoms with Gasteiger partial charge in [0.05, 0.1) is 11.4 Å². The standard InChI is InChI=1S/C14H17N3OS2/c1-2-6-11-13(14(18)17-15)20-12(16-11)9-19-10-7-4-3-5-8-10/h3-5,7-8H,2,6,9,15H2,1H3,(H,17,18). The summed E-state index contributed by atoms with van der Waals surface area (Å²) in [4.78, 5) is 18.1. The molecule has 2 aromatic rings. The highest BCUT2D eigenvalue weighted by Gasteiger charge is 2.16. The van der Waals surface area contributed by atoms with Crippen molar-refractivity contribution in [2.24, 2.45) is 5.84 Å². The number of nitrogens with zero attached hydrogens (tertiary/aromatic N) is 1. The van der Waals surface area contributed by atoms with E-state index in [0.717, 1.165) is 29.3 Å². The molecule has 1 amide bonds. The SMILES string of the molecule is CCCc1nc(CSc2ccccc2)sc1C(=O)NN. The normalized spacial score (nSPS) is 10.5. The fourth-order valence-corrected chi connectivity index (χ4v) is 3.70. The van der Waals surface area contributed by atoms with E-state index in [1.165, 1.54) is 16.2 Å². The molecule has 106 valence electrons. The Morgan fingerprint density at radius 2 is 2.15 bits per heavy atom. The molecule has 1 aromatic heterocycles. The number of hydrogen-bond donors (Lipinski definition) is 2. The zero-order valence-corrected chi connectivity index (χ0v) is 12.9. The number of benzene rings is 1. The molecule has 6 heteroatoms. The van der Waals surface area contributed by atoms with E-state index in [1.54, 1.807) is 11.8 Å². The summed E-state index contributed by atoms with van der Waals surface area (Å²) in [5, 5.41) is 0.959. The van der Waals surface area contributed by atoms with Crippen LogP contribution < -0.4 is 11.3 Å². The Labute approximate surface area is 126 Å². The van der Waals surface area contributed by atoms with Gasteiger partial charge in [0.2, 0.25) is 0 Å². The minimum Gasteiger partial charge on any atom is -0.289 e. The number of aryl methyl sites for hydroxylation is 1. The number of carbonyl (C=O) groups is 1. The minimum absolute atomic E-state index is 0.248. The summed E-state index contributed by atoms with van der Waals surface area (Å²) in [7, 11) is 0. The number of nitrogens with two attached hydrogens (primary N) is 1. The molecule has 2 rings (SSSR count). The van der Waals surface area contributed by atoms with Crippen molar-refractivity contribution in [2.75, 3.05) is 0 Å². The molecule has 4 nitrogen and oxygen atoms in total. The smallest absolute Gasteiger partial charge is 0.277 e.